The molecule has 6 heteroatoms. The van der Waals surface area contributed by atoms with Crippen molar-refractivity contribution in [2.75, 3.05) is 25.9 Å². The second-order valence-corrected chi connectivity index (χ2v) is 7.81. The molecule has 0 radical (unpaired) electrons. The first kappa shape index (κ1) is 15.5. The molecule has 20 heavy (non-hydrogen) atoms. The molecule has 2 aliphatic rings. The number of piperidine rings is 1. The molecule has 1 atom stereocenters. The SMILES string of the molecule is CS(=O)(=O)N1CCC(C(=O)NCC2CC=CCC2)CC1. The molecule has 0 aromatic rings. The van der Waals surface area contributed by atoms with Gasteiger partial charge in [0.25, 0.3) is 0 Å². The fourth-order valence-electron chi connectivity index (χ4n) is 2.88. The van der Waals surface area contributed by atoms with E-state index in [9.17, 15) is 13.2 Å². The number of nitrogens with one attached hydrogen (secondary N) is 1. The van der Waals surface area contributed by atoms with Crippen molar-refractivity contribution in [3.63, 3.8) is 0 Å². The van der Waals surface area contributed by atoms with E-state index in [2.05, 4.69) is 17.5 Å². The maximum Gasteiger partial charge on any atom is 0.223 e. The first-order chi connectivity index (χ1) is 9.47. The molecule has 1 heterocycles. The Morgan fingerprint density at radius 3 is 2.50 bits per heavy atom. The lowest BCUT2D eigenvalue weighted by Crippen LogP contribution is -2.43. The summed E-state index contributed by atoms with van der Waals surface area (Å²) in [7, 11) is -3.11. The lowest BCUT2D eigenvalue weighted by atomic mass is 9.93. The zero-order chi connectivity index (χ0) is 14.6. The van der Waals surface area contributed by atoms with Gasteiger partial charge >= 0.3 is 0 Å². The summed E-state index contributed by atoms with van der Waals surface area (Å²) in [6.45, 7) is 1.67. The summed E-state index contributed by atoms with van der Waals surface area (Å²) in [5, 5.41) is 3.03. The normalized spacial score (nSPS) is 25.6. The second kappa shape index (κ2) is 6.72. The maximum absolute atomic E-state index is 12.1. The summed E-state index contributed by atoms with van der Waals surface area (Å²) >= 11 is 0. The molecule has 2 rings (SSSR count). The third kappa shape index (κ3) is 4.31. The molecule has 1 N–H and O–H groups in total. The predicted octanol–water partition coefficient (Wildman–Crippen LogP) is 1.13. The number of hydrogen-bond acceptors (Lipinski definition) is 3. The van der Waals surface area contributed by atoms with Gasteiger partial charge in [0, 0.05) is 25.6 Å². The Hall–Kier alpha value is -0.880. The summed E-state index contributed by atoms with van der Waals surface area (Å²) in [4.78, 5) is 12.1. The maximum atomic E-state index is 12.1. The standard InChI is InChI=1S/C14H24N2O3S/c1-20(18,19)16-9-7-13(8-10-16)14(17)15-11-12-5-3-2-4-6-12/h2-3,12-13H,4-11H2,1H3,(H,15,17). The summed E-state index contributed by atoms with van der Waals surface area (Å²) in [5.74, 6) is 0.611. The van der Waals surface area contributed by atoms with E-state index in [0.717, 1.165) is 25.8 Å². The molecule has 5 nitrogen and oxygen atoms in total. The van der Waals surface area contributed by atoms with E-state index < -0.39 is 10.0 Å². The van der Waals surface area contributed by atoms with Gasteiger partial charge in [-0.05, 0) is 38.0 Å². The Kier molecular flexibility index (Phi) is 5.21. The molecule has 0 spiro atoms. The van der Waals surface area contributed by atoms with Gasteiger partial charge in [0.15, 0.2) is 0 Å². The quantitative estimate of drug-likeness (QED) is 0.792. The van der Waals surface area contributed by atoms with Crippen molar-refractivity contribution >= 4 is 15.9 Å². The number of allylic oxidation sites excluding steroid dienone is 2. The molecule has 1 amide bonds. The Labute approximate surface area is 121 Å². The third-order valence-electron chi connectivity index (χ3n) is 4.24. The van der Waals surface area contributed by atoms with Crippen LogP contribution in [0.4, 0.5) is 0 Å². The second-order valence-electron chi connectivity index (χ2n) is 5.83. The molecule has 0 saturated carbocycles. The van der Waals surface area contributed by atoms with E-state index in [0.29, 0.717) is 31.8 Å². The van der Waals surface area contributed by atoms with Crippen LogP contribution in [0.15, 0.2) is 12.2 Å². The van der Waals surface area contributed by atoms with Crippen molar-refractivity contribution in [3.8, 4) is 0 Å². The van der Waals surface area contributed by atoms with E-state index in [4.69, 9.17) is 0 Å². The van der Waals surface area contributed by atoms with Gasteiger partial charge in [-0.2, -0.15) is 0 Å². The molecule has 1 aliphatic carbocycles. The van der Waals surface area contributed by atoms with E-state index in [1.54, 1.807) is 0 Å². The van der Waals surface area contributed by atoms with Gasteiger partial charge in [-0.25, -0.2) is 12.7 Å². The number of rotatable bonds is 4. The van der Waals surface area contributed by atoms with Crippen molar-refractivity contribution in [3.05, 3.63) is 12.2 Å². The summed E-state index contributed by atoms with van der Waals surface area (Å²) in [5.41, 5.74) is 0. The Balaban J connectivity index is 1.73. The van der Waals surface area contributed by atoms with E-state index >= 15 is 0 Å². The summed E-state index contributed by atoms with van der Waals surface area (Å²) in [6, 6.07) is 0. The fraction of sp³-hybridized carbons (Fsp3) is 0.786. The Morgan fingerprint density at radius 1 is 1.25 bits per heavy atom. The van der Waals surface area contributed by atoms with E-state index in [1.807, 2.05) is 0 Å². The zero-order valence-corrected chi connectivity index (χ0v) is 12.9. The van der Waals surface area contributed by atoms with Crippen LogP contribution in [0.1, 0.15) is 32.1 Å². The van der Waals surface area contributed by atoms with Crippen LogP contribution in [0, 0.1) is 11.8 Å². The first-order valence-corrected chi connectivity index (χ1v) is 9.19. The number of carbonyl (C=O) groups is 1. The molecular weight excluding hydrogens is 276 g/mol. The first-order valence-electron chi connectivity index (χ1n) is 7.34. The van der Waals surface area contributed by atoms with Crippen LogP contribution >= 0.6 is 0 Å². The molecule has 0 bridgehead atoms. The van der Waals surface area contributed by atoms with Crippen LogP contribution < -0.4 is 5.32 Å². The van der Waals surface area contributed by atoms with Crippen molar-refractivity contribution in [1.82, 2.24) is 9.62 Å². The highest BCUT2D eigenvalue weighted by Crippen LogP contribution is 2.20. The van der Waals surface area contributed by atoms with Gasteiger partial charge in [-0.15, -0.1) is 0 Å². The molecule has 0 aromatic heterocycles. The largest absolute Gasteiger partial charge is 0.356 e. The molecule has 1 fully saturated rings. The number of carbonyl (C=O) groups excluding carboxylic acids is 1. The van der Waals surface area contributed by atoms with Crippen LogP contribution in [0.2, 0.25) is 0 Å². The number of hydrogen-bond donors (Lipinski definition) is 1. The lowest BCUT2D eigenvalue weighted by molar-refractivity contribution is -0.126. The average molecular weight is 300 g/mol. The van der Waals surface area contributed by atoms with Crippen LogP contribution in [-0.4, -0.2) is 44.5 Å². The third-order valence-corrected chi connectivity index (χ3v) is 5.54. The Bertz CT molecular complexity index is 465. The number of sulfonamides is 1. The monoisotopic (exact) mass is 300 g/mol. The van der Waals surface area contributed by atoms with Gasteiger partial charge in [0.2, 0.25) is 15.9 Å². The smallest absolute Gasteiger partial charge is 0.223 e. The highest BCUT2D eigenvalue weighted by atomic mass is 32.2. The van der Waals surface area contributed by atoms with Crippen molar-refractivity contribution in [2.24, 2.45) is 11.8 Å². The van der Waals surface area contributed by atoms with Crippen LogP contribution in [0.5, 0.6) is 0 Å². The van der Waals surface area contributed by atoms with Crippen molar-refractivity contribution in [1.29, 1.82) is 0 Å². The highest BCUT2D eigenvalue weighted by Gasteiger charge is 2.29. The van der Waals surface area contributed by atoms with Gasteiger partial charge in [0.1, 0.15) is 0 Å². The number of amides is 1. The van der Waals surface area contributed by atoms with Gasteiger partial charge < -0.3 is 5.32 Å². The van der Waals surface area contributed by atoms with E-state index in [-0.39, 0.29) is 11.8 Å². The van der Waals surface area contributed by atoms with Crippen molar-refractivity contribution in [2.45, 2.75) is 32.1 Å². The molecule has 1 unspecified atom stereocenters. The fourth-order valence-corrected chi connectivity index (χ4v) is 3.75. The topological polar surface area (TPSA) is 66.5 Å². The van der Waals surface area contributed by atoms with E-state index in [1.165, 1.54) is 10.6 Å². The minimum atomic E-state index is -3.11. The predicted molar refractivity (Wildman–Crippen MR) is 78.6 cm³/mol. The molecular formula is C14H24N2O3S. The minimum Gasteiger partial charge on any atom is -0.356 e. The van der Waals surface area contributed by atoms with Crippen LogP contribution in [-0.2, 0) is 14.8 Å². The number of nitrogens with zero attached hydrogens (tertiary/aromatic N) is 1. The van der Waals surface area contributed by atoms with Gasteiger partial charge in [-0.1, -0.05) is 12.2 Å². The summed E-state index contributed by atoms with van der Waals surface area (Å²) < 4.78 is 24.3. The molecule has 114 valence electrons. The minimum absolute atomic E-state index is 0.0351. The zero-order valence-electron chi connectivity index (χ0n) is 12.0. The molecule has 1 saturated heterocycles. The van der Waals surface area contributed by atoms with Gasteiger partial charge in [0.05, 0.1) is 6.26 Å². The average Bonchev–Trinajstić information content (AvgIpc) is 2.45. The molecule has 0 aromatic carbocycles. The van der Waals surface area contributed by atoms with Crippen LogP contribution in [0.25, 0.3) is 0 Å². The lowest BCUT2D eigenvalue weighted by Gasteiger charge is -2.30. The highest BCUT2D eigenvalue weighted by molar-refractivity contribution is 7.88. The van der Waals surface area contributed by atoms with Gasteiger partial charge in [-0.3, -0.25) is 4.79 Å². The Morgan fingerprint density at radius 2 is 1.95 bits per heavy atom. The van der Waals surface area contributed by atoms with Crippen LogP contribution in [0.3, 0.4) is 0 Å². The molecule has 1 aliphatic heterocycles. The summed E-state index contributed by atoms with van der Waals surface area (Å²) in [6.07, 6.45) is 10.2. The van der Waals surface area contributed by atoms with Crippen molar-refractivity contribution < 1.29 is 13.2 Å².